The highest BCUT2D eigenvalue weighted by Crippen LogP contribution is 2.25. The summed E-state index contributed by atoms with van der Waals surface area (Å²) in [4.78, 5) is 4.08. The predicted molar refractivity (Wildman–Crippen MR) is 73.6 cm³/mol. The van der Waals surface area contributed by atoms with Gasteiger partial charge in [-0.05, 0) is 35.6 Å². The van der Waals surface area contributed by atoms with E-state index in [2.05, 4.69) is 31.0 Å². The number of aromatic nitrogens is 1. The Morgan fingerprint density at radius 2 is 1.61 bits per heavy atom. The minimum atomic E-state index is -0.597. The van der Waals surface area contributed by atoms with Crippen molar-refractivity contribution in [3.63, 3.8) is 0 Å². The van der Waals surface area contributed by atoms with Crippen molar-refractivity contribution in [1.82, 2.24) is 4.98 Å². The average molecular weight is 241 g/mol. The van der Waals surface area contributed by atoms with E-state index in [1.807, 2.05) is 25.1 Å². The molecule has 2 nitrogen and oxygen atoms in total. The van der Waals surface area contributed by atoms with Crippen molar-refractivity contribution in [2.75, 3.05) is 0 Å². The van der Waals surface area contributed by atoms with Crippen molar-refractivity contribution in [1.29, 1.82) is 0 Å². The zero-order valence-corrected chi connectivity index (χ0v) is 11.1. The lowest BCUT2D eigenvalue weighted by Gasteiger charge is -2.14. The molecule has 0 saturated heterocycles. The molecule has 0 radical (unpaired) electrons. The van der Waals surface area contributed by atoms with Crippen LogP contribution in [0, 0.1) is 6.92 Å². The fourth-order valence-corrected chi connectivity index (χ4v) is 2.01. The fraction of sp³-hybridized carbons (Fsp3) is 0.312. The molecule has 0 aliphatic heterocycles. The minimum absolute atomic E-state index is 0.510. The summed E-state index contributed by atoms with van der Waals surface area (Å²) < 4.78 is 0. The van der Waals surface area contributed by atoms with Crippen LogP contribution in [-0.4, -0.2) is 10.1 Å². The molecule has 94 valence electrons. The molecule has 0 fully saturated rings. The molecule has 1 N–H and O–H groups in total. The molecule has 18 heavy (non-hydrogen) atoms. The first-order chi connectivity index (χ1) is 8.59. The van der Waals surface area contributed by atoms with Crippen LogP contribution in [0.15, 0.2) is 42.7 Å². The van der Waals surface area contributed by atoms with Crippen LogP contribution in [0.3, 0.4) is 0 Å². The lowest BCUT2D eigenvalue weighted by atomic mass is 9.96. The maximum atomic E-state index is 10.4. The number of pyridine rings is 1. The van der Waals surface area contributed by atoms with Gasteiger partial charge in [0.2, 0.25) is 0 Å². The first kappa shape index (κ1) is 12.8. The Morgan fingerprint density at radius 1 is 1.00 bits per heavy atom. The summed E-state index contributed by atoms with van der Waals surface area (Å²) >= 11 is 0. The highest BCUT2D eigenvalue weighted by atomic mass is 16.3. The number of hydrogen-bond donors (Lipinski definition) is 1. The van der Waals surface area contributed by atoms with Gasteiger partial charge in [-0.2, -0.15) is 0 Å². The summed E-state index contributed by atoms with van der Waals surface area (Å²) in [6, 6.07) is 10.1. The average Bonchev–Trinajstić information content (AvgIpc) is 2.38. The van der Waals surface area contributed by atoms with Crippen LogP contribution in [0.4, 0.5) is 0 Å². The van der Waals surface area contributed by atoms with E-state index >= 15 is 0 Å². The van der Waals surface area contributed by atoms with Gasteiger partial charge in [0.15, 0.2) is 0 Å². The summed E-state index contributed by atoms with van der Waals surface area (Å²) in [5, 5.41) is 10.4. The summed E-state index contributed by atoms with van der Waals surface area (Å²) in [6.45, 7) is 6.32. The van der Waals surface area contributed by atoms with E-state index in [1.54, 1.807) is 12.4 Å². The van der Waals surface area contributed by atoms with Crippen molar-refractivity contribution < 1.29 is 5.11 Å². The third-order valence-electron chi connectivity index (χ3n) is 3.29. The molecule has 1 aromatic heterocycles. The summed E-state index contributed by atoms with van der Waals surface area (Å²) in [5.41, 5.74) is 4.13. The van der Waals surface area contributed by atoms with E-state index in [1.165, 1.54) is 5.56 Å². The number of aliphatic hydroxyl groups excluding tert-OH is 1. The molecule has 1 heterocycles. The molecule has 0 saturated carbocycles. The molecule has 1 aromatic carbocycles. The first-order valence-electron chi connectivity index (χ1n) is 6.28. The smallest absolute Gasteiger partial charge is 0.106 e. The molecule has 2 aromatic rings. The van der Waals surface area contributed by atoms with Crippen LogP contribution in [0.5, 0.6) is 0 Å². The van der Waals surface area contributed by atoms with Gasteiger partial charge in [0, 0.05) is 18.0 Å². The van der Waals surface area contributed by atoms with Gasteiger partial charge in [-0.3, -0.25) is 4.98 Å². The Hall–Kier alpha value is -1.67. The minimum Gasteiger partial charge on any atom is -0.384 e. The van der Waals surface area contributed by atoms with Gasteiger partial charge >= 0.3 is 0 Å². The van der Waals surface area contributed by atoms with Gasteiger partial charge in [-0.15, -0.1) is 0 Å². The highest BCUT2D eigenvalue weighted by Gasteiger charge is 2.13. The quantitative estimate of drug-likeness (QED) is 0.890. The number of aliphatic hydroxyl groups is 1. The Labute approximate surface area is 108 Å². The Morgan fingerprint density at radius 3 is 2.17 bits per heavy atom. The Bertz CT molecular complexity index is 517. The van der Waals surface area contributed by atoms with Gasteiger partial charge in [0.1, 0.15) is 6.10 Å². The topological polar surface area (TPSA) is 33.1 Å². The second kappa shape index (κ2) is 5.32. The van der Waals surface area contributed by atoms with E-state index < -0.39 is 6.10 Å². The molecule has 0 bridgehead atoms. The monoisotopic (exact) mass is 241 g/mol. The zero-order chi connectivity index (χ0) is 13.1. The maximum absolute atomic E-state index is 10.4. The lowest BCUT2D eigenvalue weighted by molar-refractivity contribution is 0.219. The number of rotatable bonds is 3. The SMILES string of the molecule is Cc1ccncc1C(O)c1ccc(C(C)C)cc1. The van der Waals surface area contributed by atoms with Gasteiger partial charge < -0.3 is 5.11 Å². The molecule has 2 rings (SSSR count). The van der Waals surface area contributed by atoms with E-state index in [9.17, 15) is 5.11 Å². The second-order valence-electron chi connectivity index (χ2n) is 4.96. The van der Waals surface area contributed by atoms with Crippen LogP contribution in [0.25, 0.3) is 0 Å². The number of aryl methyl sites for hydroxylation is 1. The van der Waals surface area contributed by atoms with Crippen LogP contribution < -0.4 is 0 Å². The van der Waals surface area contributed by atoms with E-state index in [4.69, 9.17) is 0 Å². The van der Waals surface area contributed by atoms with Crippen LogP contribution >= 0.6 is 0 Å². The van der Waals surface area contributed by atoms with Gasteiger partial charge in [0.25, 0.3) is 0 Å². The van der Waals surface area contributed by atoms with Crippen molar-refractivity contribution in [2.24, 2.45) is 0 Å². The van der Waals surface area contributed by atoms with Crippen molar-refractivity contribution in [3.05, 3.63) is 65.0 Å². The third kappa shape index (κ3) is 2.59. The Kier molecular flexibility index (Phi) is 3.78. The van der Waals surface area contributed by atoms with E-state index in [0.717, 1.165) is 16.7 Å². The summed E-state index contributed by atoms with van der Waals surface area (Å²) in [7, 11) is 0. The molecule has 1 unspecified atom stereocenters. The van der Waals surface area contributed by atoms with E-state index in [-0.39, 0.29) is 0 Å². The molecule has 1 atom stereocenters. The predicted octanol–water partition coefficient (Wildman–Crippen LogP) is 3.60. The third-order valence-corrected chi connectivity index (χ3v) is 3.29. The molecular weight excluding hydrogens is 222 g/mol. The molecule has 2 heteroatoms. The van der Waals surface area contributed by atoms with Crippen molar-refractivity contribution >= 4 is 0 Å². The summed E-state index contributed by atoms with van der Waals surface area (Å²) in [6.07, 6.45) is 2.88. The lowest BCUT2D eigenvalue weighted by Crippen LogP contribution is -2.02. The van der Waals surface area contributed by atoms with Crippen LogP contribution in [0.2, 0.25) is 0 Å². The molecule has 0 aliphatic rings. The maximum Gasteiger partial charge on any atom is 0.106 e. The second-order valence-corrected chi connectivity index (χ2v) is 4.96. The van der Waals surface area contributed by atoms with Crippen molar-refractivity contribution in [3.8, 4) is 0 Å². The zero-order valence-electron chi connectivity index (χ0n) is 11.1. The standard InChI is InChI=1S/C16H19NO/c1-11(2)13-4-6-14(7-5-13)16(18)15-10-17-9-8-12(15)3/h4-11,16,18H,1-3H3. The first-order valence-corrected chi connectivity index (χ1v) is 6.28. The van der Waals surface area contributed by atoms with Crippen molar-refractivity contribution in [2.45, 2.75) is 32.8 Å². The number of benzene rings is 1. The molecule has 0 amide bonds. The van der Waals surface area contributed by atoms with Crippen LogP contribution in [0.1, 0.15) is 48.1 Å². The number of hydrogen-bond acceptors (Lipinski definition) is 2. The number of nitrogens with zero attached hydrogens (tertiary/aromatic N) is 1. The Balaban J connectivity index is 2.29. The van der Waals surface area contributed by atoms with Gasteiger partial charge in [0.05, 0.1) is 0 Å². The fourth-order valence-electron chi connectivity index (χ4n) is 2.01. The van der Waals surface area contributed by atoms with E-state index in [0.29, 0.717) is 5.92 Å². The molecule has 0 spiro atoms. The summed E-state index contributed by atoms with van der Waals surface area (Å²) in [5.74, 6) is 0.510. The molecular formula is C16H19NO. The van der Waals surface area contributed by atoms with Gasteiger partial charge in [-0.1, -0.05) is 38.1 Å². The largest absolute Gasteiger partial charge is 0.384 e. The van der Waals surface area contributed by atoms with Crippen LogP contribution in [-0.2, 0) is 0 Å². The molecule has 0 aliphatic carbocycles. The normalized spacial score (nSPS) is 12.7. The highest BCUT2D eigenvalue weighted by molar-refractivity contribution is 5.34. The van der Waals surface area contributed by atoms with Gasteiger partial charge in [-0.25, -0.2) is 0 Å².